The highest BCUT2D eigenvalue weighted by Crippen LogP contribution is 1.82. The number of aliphatic hydroxyl groups excluding tert-OH is 1. The van der Waals surface area contributed by atoms with E-state index >= 15 is 0 Å². The Morgan fingerprint density at radius 2 is 2.57 bits per heavy atom. The monoisotopic (exact) mass is 99.0 g/mol. The van der Waals surface area contributed by atoms with E-state index in [9.17, 15) is 0 Å². The maximum atomic E-state index is 8.27. The van der Waals surface area contributed by atoms with Crippen molar-refractivity contribution in [3.63, 3.8) is 0 Å². The first-order chi connectivity index (χ1) is 3.31. The molecule has 3 nitrogen and oxygen atoms in total. The van der Waals surface area contributed by atoms with Crippen LogP contribution in [0.5, 0.6) is 0 Å². The molecule has 0 aliphatic heterocycles. The topological polar surface area (TPSA) is 53.2 Å². The number of methoxy groups -OCH3 is 1. The number of ether oxygens (including phenoxy) is 1. The minimum atomic E-state index is -0.359. The van der Waals surface area contributed by atoms with Crippen LogP contribution in [0.4, 0.5) is 0 Å². The molecule has 3 heteroatoms. The van der Waals surface area contributed by atoms with Crippen LogP contribution >= 0.6 is 0 Å². The van der Waals surface area contributed by atoms with Gasteiger partial charge in [0.2, 0.25) is 0 Å². The molecular formula is C4H5NO2. The highest BCUT2D eigenvalue weighted by atomic mass is 16.6. The summed E-state index contributed by atoms with van der Waals surface area (Å²) in [5, 5.41) is 16.1. The average Bonchev–Trinajstić information content (AvgIpc) is 1.68. The Hall–Kier alpha value is -1.17. The molecule has 0 saturated heterocycles. The lowest BCUT2D eigenvalue weighted by Gasteiger charge is -1.88. The van der Waals surface area contributed by atoms with Gasteiger partial charge in [-0.15, -0.1) is 0 Å². The number of allylic oxidation sites excluding steroid dienone is 1. The third-order valence-electron chi connectivity index (χ3n) is 0.397. The molecule has 7 heavy (non-hydrogen) atoms. The first-order valence-electron chi connectivity index (χ1n) is 1.64. The zero-order valence-electron chi connectivity index (χ0n) is 3.88. The van der Waals surface area contributed by atoms with Crippen LogP contribution in [0.3, 0.4) is 0 Å². The van der Waals surface area contributed by atoms with Gasteiger partial charge in [-0.1, -0.05) is 0 Å². The zero-order valence-corrected chi connectivity index (χ0v) is 3.88. The zero-order chi connectivity index (χ0) is 5.70. The van der Waals surface area contributed by atoms with Crippen LogP contribution < -0.4 is 0 Å². The molecule has 0 aromatic carbocycles. The summed E-state index contributed by atoms with van der Waals surface area (Å²) in [4.78, 5) is 0. The highest BCUT2D eigenvalue weighted by Gasteiger charge is 1.80. The fourth-order valence-corrected chi connectivity index (χ4v) is 0.114. The van der Waals surface area contributed by atoms with Gasteiger partial charge in [0.1, 0.15) is 0 Å². The average molecular weight is 99.1 g/mol. The molecule has 0 unspecified atom stereocenters. The van der Waals surface area contributed by atoms with Crippen molar-refractivity contribution < 1.29 is 9.84 Å². The van der Waals surface area contributed by atoms with E-state index in [0.717, 1.165) is 6.08 Å². The molecule has 1 N–H and O–H groups in total. The van der Waals surface area contributed by atoms with Crippen LogP contribution in [0.15, 0.2) is 12.0 Å². The van der Waals surface area contributed by atoms with Gasteiger partial charge in [-0.3, -0.25) is 0 Å². The van der Waals surface area contributed by atoms with Gasteiger partial charge >= 0.3 is 0 Å². The highest BCUT2D eigenvalue weighted by molar-refractivity contribution is 5.01. The number of aliphatic hydroxyl groups is 1. The minimum absolute atomic E-state index is 0.359. The van der Waals surface area contributed by atoms with E-state index < -0.39 is 0 Å². The standard InChI is InChI=1S/C4H5NO2/c1-7-4(6)2-3-5/h2,6H,1H3/b4-2+. The summed E-state index contributed by atoms with van der Waals surface area (Å²) in [6, 6.07) is 1.58. The van der Waals surface area contributed by atoms with E-state index in [4.69, 9.17) is 10.4 Å². The number of hydrogen-bond acceptors (Lipinski definition) is 3. The van der Waals surface area contributed by atoms with Crippen molar-refractivity contribution in [1.82, 2.24) is 0 Å². The molecule has 0 bridgehead atoms. The maximum absolute atomic E-state index is 8.27. The van der Waals surface area contributed by atoms with Crippen LogP contribution in [0.2, 0.25) is 0 Å². The summed E-state index contributed by atoms with van der Waals surface area (Å²) < 4.78 is 4.18. The third kappa shape index (κ3) is 2.64. The molecule has 0 fully saturated rings. The smallest absolute Gasteiger partial charge is 0.287 e. The van der Waals surface area contributed by atoms with E-state index in [-0.39, 0.29) is 5.95 Å². The van der Waals surface area contributed by atoms with Crippen molar-refractivity contribution in [1.29, 1.82) is 5.26 Å². The molecule has 0 aromatic heterocycles. The van der Waals surface area contributed by atoms with Crippen LogP contribution in [0.25, 0.3) is 0 Å². The molecule has 0 atom stereocenters. The van der Waals surface area contributed by atoms with Crippen molar-refractivity contribution in [2.24, 2.45) is 0 Å². The summed E-state index contributed by atoms with van der Waals surface area (Å²) >= 11 is 0. The Morgan fingerprint density at radius 3 is 2.71 bits per heavy atom. The lowest BCUT2D eigenvalue weighted by atomic mass is 10.7. The van der Waals surface area contributed by atoms with Gasteiger partial charge in [-0.05, 0) is 0 Å². The lowest BCUT2D eigenvalue weighted by Crippen LogP contribution is -1.79. The fraction of sp³-hybridized carbons (Fsp3) is 0.250. The number of hydrogen-bond donors (Lipinski definition) is 1. The van der Waals surface area contributed by atoms with Crippen molar-refractivity contribution in [3.8, 4) is 6.07 Å². The largest absolute Gasteiger partial charge is 0.480 e. The maximum Gasteiger partial charge on any atom is 0.287 e. The Kier molecular flexibility index (Phi) is 2.53. The van der Waals surface area contributed by atoms with E-state index in [1.165, 1.54) is 7.11 Å². The van der Waals surface area contributed by atoms with Crippen molar-refractivity contribution in [2.75, 3.05) is 7.11 Å². The van der Waals surface area contributed by atoms with E-state index in [1.54, 1.807) is 6.07 Å². The lowest BCUT2D eigenvalue weighted by molar-refractivity contribution is 0.136. The van der Waals surface area contributed by atoms with Gasteiger partial charge in [0, 0.05) is 0 Å². The summed E-state index contributed by atoms with van der Waals surface area (Å²) in [5.74, 6) is -0.359. The molecule has 38 valence electrons. The number of rotatable bonds is 1. The SMILES string of the molecule is CO/C(O)=C/C#N. The number of nitrogens with zero attached hydrogens (tertiary/aromatic N) is 1. The summed E-state index contributed by atoms with van der Waals surface area (Å²) in [6.07, 6.45) is 0.903. The molecule has 0 radical (unpaired) electrons. The first kappa shape index (κ1) is 5.83. The van der Waals surface area contributed by atoms with Crippen LogP contribution in [-0.4, -0.2) is 12.2 Å². The Labute approximate surface area is 41.4 Å². The molecule has 0 spiro atoms. The normalized spacial score (nSPS) is 10.0. The van der Waals surface area contributed by atoms with Gasteiger partial charge in [-0.25, -0.2) is 0 Å². The predicted molar refractivity (Wildman–Crippen MR) is 23.3 cm³/mol. The Bertz CT molecular complexity index is 111. The molecule has 0 aliphatic rings. The van der Waals surface area contributed by atoms with Gasteiger partial charge in [-0.2, -0.15) is 5.26 Å². The predicted octanol–water partition coefficient (Wildman–Crippen LogP) is 0.556. The second-order valence-corrected chi connectivity index (χ2v) is 0.816. The molecule has 0 heterocycles. The molecule has 0 amide bonds. The molecule has 0 saturated carbocycles. The third-order valence-corrected chi connectivity index (χ3v) is 0.397. The summed E-state index contributed by atoms with van der Waals surface area (Å²) in [5.41, 5.74) is 0. The van der Waals surface area contributed by atoms with Crippen LogP contribution in [0, 0.1) is 11.3 Å². The summed E-state index contributed by atoms with van der Waals surface area (Å²) in [6.45, 7) is 0. The van der Waals surface area contributed by atoms with Gasteiger partial charge in [0.15, 0.2) is 0 Å². The Balaban J connectivity index is 3.56. The van der Waals surface area contributed by atoms with Crippen LogP contribution in [-0.2, 0) is 4.74 Å². The van der Waals surface area contributed by atoms with Gasteiger partial charge in [0.25, 0.3) is 5.95 Å². The molecule has 0 aliphatic carbocycles. The molecule has 0 aromatic rings. The second-order valence-electron chi connectivity index (χ2n) is 0.816. The van der Waals surface area contributed by atoms with Crippen molar-refractivity contribution in [2.45, 2.75) is 0 Å². The second kappa shape index (κ2) is 3.04. The molecule has 0 rings (SSSR count). The fourth-order valence-electron chi connectivity index (χ4n) is 0.114. The molecular weight excluding hydrogens is 94.0 g/mol. The van der Waals surface area contributed by atoms with Crippen molar-refractivity contribution in [3.05, 3.63) is 12.0 Å². The van der Waals surface area contributed by atoms with E-state index in [0.29, 0.717) is 0 Å². The van der Waals surface area contributed by atoms with Crippen molar-refractivity contribution >= 4 is 0 Å². The van der Waals surface area contributed by atoms with E-state index in [2.05, 4.69) is 4.74 Å². The quantitative estimate of drug-likeness (QED) is 0.386. The van der Waals surface area contributed by atoms with E-state index in [1.807, 2.05) is 0 Å². The number of nitriles is 1. The minimum Gasteiger partial charge on any atom is -0.480 e. The van der Waals surface area contributed by atoms with Crippen LogP contribution in [0.1, 0.15) is 0 Å². The first-order valence-corrected chi connectivity index (χ1v) is 1.64. The van der Waals surface area contributed by atoms with Gasteiger partial charge < -0.3 is 9.84 Å². The van der Waals surface area contributed by atoms with Gasteiger partial charge in [0.05, 0.1) is 19.3 Å². The Morgan fingerprint density at radius 1 is 2.00 bits per heavy atom. The summed E-state index contributed by atoms with van der Waals surface area (Å²) in [7, 11) is 1.28.